The Bertz CT molecular complexity index is 127. The van der Waals surface area contributed by atoms with Crippen molar-refractivity contribution in [2.45, 2.75) is 6.42 Å². The first-order valence-corrected chi connectivity index (χ1v) is 3.73. The third-order valence-electron chi connectivity index (χ3n) is 0.316. The van der Waals surface area contributed by atoms with Gasteiger partial charge in [0.15, 0.2) is 0 Å². The van der Waals surface area contributed by atoms with Crippen LogP contribution >= 0.6 is 0 Å². The van der Waals surface area contributed by atoms with E-state index in [9.17, 15) is 0 Å². The SMILES string of the molecule is O=S(=O)(O)O.OCCCO. The van der Waals surface area contributed by atoms with Crippen LogP contribution in [-0.2, 0) is 10.4 Å². The second-order valence-corrected chi connectivity index (χ2v) is 2.14. The quantitative estimate of drug-likeness (QED) is 0.387. The standard InChI is InChI=1S/C3H8O2.H2O4S/c4-2-1-3-5;1-5(2,3)4/h4-5H,1-3H2;(H2,1,2,3,4). The number of aliphatic hydroxyl groups is 2. The molecule has 0 radical (unpaired) electrons. The normalized spacial score (nSPS) is 10.0. The van der Waals surface area contributed by atoms with E-state index in [1.807, 2.05) is 0 Å². The smallest absolute Gasteiger partial charge is 0.394 e. The Morgan fingerprint density at radius 1 is 1.00 bits per heavy atom. The largest absolute Gasteiger partial charge is 0.396 e. The predicted octanol–water partition coefficient (Wildman–Crippen LogP) is -1.29. The summed E-state index contributed by atoms with van der Waals surface area (Å²) in [5.74, 6) is 0. The van der Waals surface area contributed by atoms with Crippen molar-refractivity contribution in [2.75, 3.05) is 13.2 Å². The average Bonchev–Trinajstić information content (AvgIpc) is 1.63. The zero-order chi connectivity index (χ0) is 8.62. The van der Waals surface area contributed by atoms with Gasteiger partial charge in [-0.1, -0.05) is 0 Å². The number of aliphatic hydroxyl groups excluding tert-OH is 2. The molecule has 0 aliphatic heterocycles. The van der Waals surface area contributed by atoms with Crippen LogP contribution in [0, 0.1) is 0 Å². The highest BCUT2D eigenvalue weighted by molar-refractivity contribution is 7.79. The molecule has 0 amide bonds. The summed E-state index contributed by atoms with van der Waals surface area (Å²) < 4.78 is 31.6. The van der Waals surface area contributed by atoms with Crippen molar-refractivity contribution in [1.82, 2.24) is 0 Å². The monoisotopic (exact) mass is 174 g/mol. The summed E-state index contributed by atoms with van der Waals surface area (Å²) in [6.45, 7) is 0.188. The number of hydrogen-bond donors (Lipinski definition) is 4. The zero-order valence-electron chi connectivity index (χ0n) is 5.13. The summed E-state index contributed by atoms with van der Waals surface area (Å²) in [5, 5.41) is 15.8. The van der Waals surface area contributed by atoms with E-state index in [2.05, 4.69) is 0 Å². The highest BCUT2D eigenvalue weighted by atomic mass is 32.3. The minimum Gasteiger partial charge on any atom is -0.396 e. The first-order valence-electron chi connectivity index (χ1n) is 2.33. The van der Waals surface area contributed by atoms with Crippen LogP contribution in [0.4, 0.5) is 0 Å². The van der Waals surface area contributed by atoms with Crippen molar-refractivity contribution in [3.8, 4) is 0 Å². The molecule has 0 atom stereocenters. The Kier molecular flexibility index (Phi) is 8.61. The van der Waals surface area contributed by atoms with Crippen LogP contribution in [0.2, 0.25) is 0 Å². The van der Waals surface area contributed by atoms with Gasteiger partial charge in [-0.25, -0.2) is 0 Å². The molecule has 0 aromatic carbocycles. The van der Waals surface area contributed by atoms with Gasteiger partial charge in [-0.3, -0.25) is 9.11 Å². The summed E-state index contributed by atoms with van der Waals surface area (Å²) in [4.78, 5) is 0. The Balaban J connectivity index is 0. The van der Waals surface area contributed by atoms with Gasteiger partial charge in [-0.2, -0.15) is 8.42 Å². The number of hydrogen-bond acceptors (Lipinski definition) is 4. The van der Waals surface area contributed by atoms with E-state index in [0.717, 1.165) is 0 Å². The molecule has 0 spiro atoms. The molecular formula is C3H10O6S. The van der Waals surface area contributed by atoms with Crippen molar-refractivity contribution < 1.29 is 27.7 Å². The summed E-state index contributed by atoms with van der Waals surface area (Å²) in [6.07, 6.45) is 0.500. The van der Waals surface area contributed by atoms with Crippen LogP contribution in [0.25, 0.3) is 0 Å². The van der Waals surface area contributed by atoms with Crippen LogP contribution < -0.4 is 0 Å². The van der Waals surface area contributed by atoms with Gasteiger partial charge in [0, 0.05) is 13.2 Å². The molecule has 0 saturated heterocycles. The fourth-order valence-corrected chi connectivity index (χ4v) is 0.0707. The fourth-order valence-electron chi connectivity index (χ4n) is 0.0707. The van der Waals surface area contributed by atoms with Gasteiger partial charge in [-0.05, 0) is 6.42 Å². The molecule has 64 valence electrons. The average molecular weight is 174 g/mol. The molecule has 0 fully saturated rings. The van der Waals surface area contributed by atoms with E-state index < -0.39 is 10.4 Å². The lowest BCUT2D eigenvalue weighted by Gasteiger charge is -1.79. The van der Waals surface area contributed by atoms with Crippen LogP contribution in [-0.4, -0.2) is 41.0 Å². The zero-order valence-corrected chi connectivity index (χ0v) is 5.95. The van der Waals surface area contributed by atoms with Gasteiger partial charge in [0.1, 0.15) is 0 Å². The molecule has 0 aliphatic rings. The Morgan fingerprint density at radius 2 is 1.20 bits per heavy atom. The molecule has 7 heteroatoms. The summed E-state index contributed by atoms with van der Waals surface area (Å²) in [6, 6.07) is 0. The molecule has 0 unspecified atom stereocenters. The van der Waals surface area contributed by atoms with E-state index in [0.29, 0.717) is 6.42 Å². The first-order chi connectivity index (χ1) is 4.41. The van der Waals surface area contributed by atoms with Crippen molar-refractivity contribution in [3.63, 3.8) is 0 Å². The van der Waals surface area contributed by atoms with Gasteiger partial charge in [0.05, 0.1) is 0 Å². The van der Waals surface area contributed by atoms with Crippen LogP contribution in [0.1, 0.15) is 6.42 Å². The Labute approximate surface area is 58.7 Å². The van der Waals surface area contributed by atoms with E-state index in [-0.39, 0.29) is 13.2 Å². The van der Waals surface area contributed by atoms with Gasteiger partial charge < -0.3 is 10.2 Å². The topological polar surface area (TPSA) is 115 Å². The van der Waals surface area contributed by atoms with Gasteiger partial charge in [0.2, 0.25) is 0 Å². The molecule has 0 aliphatic carbocycles. The van der Waals surface area contributed by atoms with Crippen LogP contribution in [0.15, 0.2) is 0 Å². The lowest BCUT2D eigenvalue weighted by molar-refractivity contribution is 0.221. The molecular weight excluding hydrogens is 164 g/mol. The van der Waals surface area contributed by atoms with Crippen molar-refractivity contribution >= 4 is 10.4 Å². The first kappa shape index (κ1) is 12.5. The molecule has 0 rings (SSSR count). The van der Waals surface area contributed by atoms with Gasteiger partial charge in [-0.15, -0.1) is 0 Å². The van der Waals surface area contributed by atoms with E-state index >= 15 is 0 Å². The maximum atomic E-state index is 8.74. The van der Waals surface area contributed by atoms with E-state index in [4.69, 9.17) is 27.7 Å². The summed E-state index contributed by atoms with van der Waals surface area (Å²) in [5.41, 5.74) is 0. The molecule has 10 heavy (non-hydrogen) atoms. The van der Waals surface area contributed by atoms with Crippen molar-refractivity contribution in [2.24, 2.45) is 0 Å². The van der Waals surface area contributed by atoms with Crippen LogP contribution in [0.5, 0.6) is 0 Å². The molecule has 0 bridgehead atoms. The van der Waals surface area contributed by atoms with Crippen molar-refractivity contribution in [3.05, 3.63) is 0 Å². The molecule has 6 nitrogen and oxygen atoms in total. The highest BCUT2D eigenvalue weighted by Gasteiger charge is 1.84. The second-order valence-electron chi connectivity index (χ2n) is 1.25. The minimum absolute atomic E-state index is 0.0938. The minimum atomic E-state index is -4.67. The fraction of sp³-hybridized carbons (Fsp3) is 1.00. The maximum absolute atomic E-state index is 8.74. The van der Waals surface area contributed by atoms with Crippen molar-refractivity contribution in [1.29, 1.82) is 0 Å². The molecule has 0 saturated carbocycles. The third kappa shape index (κ3) is 112. The lowest BCUT2D eigenvalue weighted by Crippen LogP contribution is -1.89. The molecule has 0 aromatic heterocycles. The summed E-state index contributed by atoms with van der Waals surface area (Å²) >= 11 is 0. The summed E-state index contributed by atoms with van der Waals surface area (Å²) in [7, 11) is -4.67. The highest BCUT2D eigenvalue weighted by Crippen LogP contribution is 1.65. The Hall–Kier alpha value is -0.210. The van der Waals surface area contributed by atoms with E-state index in [1.54, 1.807) is 0 Å². The number of rotatable bonds is 2. The lowest BCUT2D eigenvalue weighted by atomic mass is 10.5. The second kappa shape index (κ2) is 6.90. The van der Waals surface area contributed by atoms with Gasteiger partial charge in [0.25, 0.3) is 0 Å². The maximum Gasteiger partial charge on any atom is 0.394 e. The molecule has 0 aromatic rings. The van der Waals surface area contributed by atoms with E-state index in [1.165, 1.54) is 0 Å². The third-order valence-corrected chi connectivity index (χ3v) is 0.316. The predicted molar refractivity (Wildman–Crippen MR) is 33.0 cm³/mol. The van der Waals surface area contributed by atoms with Crippen LogP contribution in [0.3, 0.4) is 0 Å². The van der Waals surface area contributed by atoms with Gasteiger partial charge >= 0.3 is 10.4 Å². The molecule has 0 heterocycles. The Morgan fingerprint density at radius 3 is 1.20 bits per heavy atom. The molecule has 4 N–H and O–H groups in total.